The fourth-order valence-electron chi connectivity index (χ4n) is 1.93. The summed E-state index contributed by atoms with van der Waals surface area (Å²) in [5.74, 6) is -0.501. The molecule has 2 aromatic rings. The van der Waals surface area contributed by atoms with Crippen LogP contribution >= 0.6 is 0 Å². The van der Waals surface area contributed by atoms with Gasteiger partial charge in [-0.25, -0.2) is 4.98 Å². The standard InChI is InChI=1S/C14H14F3N3O3/c15-14(16,17)9-23-6-5-18-12(21)8-20-11-4-2-1-3-10(11)19-7-13(20)22/h1-4,7H,5-6,8-9H2,(H,18,21). The first-order chi connectivity index (χ1) is 10.9. The predicted octanol–water partition coefficient (Wildman–Crippen LogP) is 1.09. The lowest BCUT2D eigenvalue weighted by molar-refractivity contribution is -0.173. The first-order valence-electron chi connectivity index (χ1n) is 6.72. The lowest BCUT2D eigenvalue weighted by Crippen LogP contribution is -2.34. The molecule has 0 fully saturated rings. The van der Waals surface area contributed by atoms with E-state index >= 15 is 0 Å². The Labute approximate surface area is 128 Å². The van der Waals surface area contributed by atoms with Gasteiger partial charge in [-0.15, -0.1) is 0 Å². The number of aromatic nitrogens is 2. The molecule has 1 aromatic heterocycles. The monoisotopic (exact) mass is 329 g/mol. The van der Waals surface area contributed by atoms with E-state index in [-0.39, 0.29) is 19.7 Å². The van der Waals surface area contributed by atoms with Crippen LogP contribution < -0.4 is 10.9 Å². The number of carbonyl (C=O) groups is 1. The number of nitrogens with zero attached hydrogens (tertiary/aromatic N) is 2. The molecule has 0 spiro atoms. The van der Waals surface area contributed by atoms with Gasteiger partial charge in [0.1, 0.15) is 13.2 Å². The summed E-state index contributed by atoms with van der Waals surface area (Å²) in [5, 5.41) is 2.40. The van der Waals surface area contributed by atoms with Gasteiger partial charge in [0.2, 0.25) is 5.91 Å². The van der Waals surface area contributed by atoms with E-state index in [2.05, 4.69) is 15.0 Å². The maximum atomic E-state index is 11.9. The molecule has 1 heterocycles. The van der Waals surface area contributed by atoms with Crippen molar-refractivity contribution in [2.75, 3.05) is 19.8 Å². The highest BCUT2D eigenvalue weighted by atomic mass is 19.4. The van der Waals surface area contributed by atoms with E-state index in [0.29, 0.717) is 11.0 Å². The highest BCUT2D eigenvalue weighted by Gasteiger charge is 2.27. The molecular formula is C14H14F3N3O3. The van der Waals surface area contributed by atoms with Crippen molar-refractivity contribution in [1.82, 2.24) is 14.9 Å². The Hall–Kier alpha value is -2.42. The molecule has 23 heavy (non-hydrogen) atoms. The normalized spacial score (nSPS) is 11.6. The van der Waals surface area contributed by atoms with Crippen LogP contribution in [0.3, 0.4) is 0 Å². The van der Waals surface area contributed by atoms with Gasteiger partial charge in [-0.05, 0) is 12.1 Å². The second-order valence-electron chi connectivity index (χ2n) is 4.69. The van der Waals surface area contributed by atoms with Crippen LogP contribution in [0.15, 0.2) is 35.3 Å². The number of hydrogen-bond donors (Lipinski definition) is 1. The van der Waals surface area contributed by atoms with Crippen LogP contribution in [0.5, 0.6) is 0 Å². The lowest BCUT2D eigenvalue weighted by atomic mass is 10.3. The molecule has 124 valence electrons. The summed E-state index contributed by atoms with van der Waals surface area (Å²) < 4.78 is 41.2. The zero-order valence-corrected chi connectivity index (χ0v) is 12.0. The number of halogens is 3. The second-order valence-corrected chi connectivity index (χ2v) is 4.69. The zero-order valence-electron chi connectivity index (χ0n) is 12.0. The van der Waals surface area contributed by atoms with Crippen molar-refractivity contribution in [3.63, 3.8) is 0 Å². The molecule has 1 amide bonds. The van der Waals surface area contributed by atoms with E-state index in [4.69, 9.17) is 0 Å². The van der Waals surface area contributed by atoms with Crippen molar-refractivity contribution in [3.05, 3.63) is 40.8 Å². The number of amides is 1. The van der Waals surface area contributed by atoms with Gasteiger partial charge in [0.15, 0.2) is 0 Å². The maximum absolute atomic E-state index is 11.9. The van der Waals surface area contributed by atoms with Gasteiger partial charge in [0.25, 0.3) is 5.56 Å². The van der Waals surface area contributed by atoms with Crippen LogP contribution in [-0.2, 0) is 16.1 Å². The minimum atomic E-state index is -4.40. The first kappa shape index (κ1) is 16.9. The third-order valence-electron chi connectivity index (χ3n) is 2.89. The Kier molecular flexibility index (Phi) is 5.32. The average Bonchev–Trinajstić information content (AvgIpc) is 2.49. The molecule has 0 unspecified atom stereocenters. The summed E-state index contributed by atoms with van der Waals surface area (Å²) in [7, 11) is 0. The van der Waals surface area contributed by atoms with Crippen LogP contribution in [0.25, 0.3) is 11.0 Å². The van der Waals surface area contributed by atoms with Crippen LogP contribution in [0.2, 0.25) is 0 Å². The minimum Gasteiger partial charge on any atom is -0.370 e. The highest BCUT2D eigenvalue weighted by Crippen LogP contribution is 2.14. The number of rotatable bonds is 6. The maximum Gasteiger partial charge on any atom is 0.411 e. The van der Waals surface area contributed by atoms with Crippen LogP contribution in [0.1, 0.15) is 0 Å². The summed E-state index contributed by atoms with van der Waals surface area (Å²) in [6.45, 7) is -1.96. The molecule has 0 bridgehead atoms. The number of benzene rings is 1. The molecule has 6 nitrogen and oxygen atoms in total. The fourth-order valence-corrected chi connectivity index (χ4v) is 1.93. The summed E-state index contributed by atoms with van der Waals surface area (Å²) in [4.78, 5) is 27.6. The predicted molar refractivity (Wildman–Crippen MR) is 75.9 cm³/mol. The van der Waals surface area contributed by atoms with Crippen LogP contribution in [0, 0.1) is 0 Å². The Morgan fingerprint density at radius 1 is 1.30 bits per heavy atom. The molecule has 2 rings (SSSR count). The number of carbonyl (C=O) groups excluding carboxylic acids is 1. The number of hydrogen-bond acceptors (Lipinski definition) is 4. The van der Waals surface area contributed by atoms with Crippen molar-refractivity contribution in [3.8, 4) is 0 Å². The average molecular weight is 329 g/mol. The molecule has 0 atom stereocenters. The van der Waals surface area contributed by atoms with Gasteiger partial charge in [-0.1, -0.05) is 12.1 Å². The molecule has 0 aliphatic carbocycles. The van der Waals surface area contributed by atoms with Crippen molar-refractivity contribution in [2.45, 2.75) is 12.7 Å². The first-order valence-corrected chi connectivity index (χ1v) is 6.72. The van der Waals surface area contributed by atoms with E-state index in [1.54, 1.807) is 24.3 Å². The minimum absolute atomic E-state index is 0.0767. The molecule has 0 radical (unpaired) electrons. The quantitative estimate of drug-likeness (QED) is 0.805. The van der Waals surface area contributed by atoms with Gasteiger partial charge < -0.3 is 10.1 Å². The summed E-state index contributed by atoms with van der Waals surface area (Å²) >= 11 is 0. The number of nitrogens with one attached hydrogen (secondary N) is 1. The number of fused-ring (bicyclic) bond motifs is 1. The van der Waals surface area contributed by atoms with E-state index in [9.17, 15) is 22.8 Å². The summed E-state index contributed by atoms with van der Waals surface area (Å²) in [5.41, 5.74) is 0.629. The third kappa shape index (κ3) is 5.06. The van der Waals surface area contributed by atoms with E-state index in [1.807, 2.05) is 0 Å². The number of ether oxygens (including phenoxy) is 1. The lowest BCUT2D eigenvalue weighted by Gasteiger charge is -2.11. The Morgan fingerprint density at radius 2 is 2.04 bits per heavy atom. The van der Waals surface area contributed by atoms with Gasteiger partial charge >= 0.3 is 6.18 Å². The van der Waals surface area contributed by atoms with E-state index in [0.717, 1.165) is 6.20 Å². The largest absolute Gasteiger partial charge is 0.411 e. The third-order valence-corrected chi connectivity index (χ3v) is 2.89. The molecule has 1 N–H and O–H groups in total. The SMILES string of the molecule is O=C(Cn1c(=O)cnc2ccccc21)NCCOCC(F)(F)F. The second kappa shape index (κ2) is 7.23. The molecule has 0 aliphatic heterocycles. The van der Waals surface area contributed by atoms with Crippen molar-refractivity contribution < 1.29 is 22.7 Å². The van der Waals surface area contributed by atoms with Crippen molar-refractivity contribution in [1.29, 1.82) is 0 Å². The van der Waals surface area contributed by atoms with Crippen LogP contribution in [-0.4, -0.2) is 41.4 Å². The number of alkyl halides is 3. The summed E-state index contributed by atoms with van der Waals surface area (Å²) in [6.07, 6.45) is -3.28. The number of para-hydroxylation sites is 2. The molecule has 0 saturated carbocycles. The van der Waals surface area contributed by atoms with Crippen molar-refractivity contribution in [2.24, 2.45) is 0 Å². The van der Waals surface area contributed by atoms with E-state index < -0.39 is 24.2 Å². The Bertz CT molecular complexity index is 743. The molecule has 0 saturated heterocycles. The highest BCUT2D eigenvalue weighted by molar-refractivity contribution is 5.79. The smallest absolute Gasteiger partial charge is 0.370 e. The van der Waals surface area contributed by atoms with Gasteiger partial charge in [0, 0.05) is 6.54 Å². The molecule has 9 heteroatoms. The molecular weight excluding hydrogens is 315 g/mol. The van der Waals surface area contributed by atoms with E-state index in [1.165, 1.54) is 4.57 Å². The van der Waals surface area contributed by atoms with Crippen LogP contribution in [0.4, 0.5) is 13.2 Å². The Morgan fingerprint density at radius 3 is 2.78 bits per heavy atom. The van der Waals surface area contributed by atoms with Crippen molar-refractivity contribution >= 4 is 16.9 Å². The Balaban J connectivity index is 1.91. The molecule has 1 aromatic carbocycles. The fraction of sp³-hybridized carbons (Fsp3) is 0.357. The molecule has 0 aliphatic rings. The summed E-state index contributed by atoms with van der Waals surface area (Å²) in [6, 6.07) is 6.82. The van der Waals surface area contributed by atoms with Gasteiger partial charge in [-0.2, -0.15) is 13.2 Å². The van der Waals surface area contributed by atoms with Gasteiger partial charge in [0.05, 0.1) is 23.8 Å². The topological polar surface area (TPSA) is 73.2 Å². The van der Waals surface area contributed by atoms with Gasteiger partial charge in [-0.3, -0.25) is 14.2 Å². The zero-order chi connectivity index (χ0) is 16.9.